The van der Waals surface area contributed by atoms with Gasteiger partial charge in [0.05, 0.1) is 0 Å². The van der Waals surface area contributed by atoms with Crippen molar-refractivity contribution in [2.45, 2.75) is 39.0 Å². The highest BCUT2D eigenvalue weighted by atomic mass is 16.5. The highest BCUT2D eigenvalue weighted by molar-refractivity contribution is 5.77. The minimum Gasteiger partial charge on any atom is -0.372 e. The lowest BCUT2D eigenvalue weighted by Crippen LogP contribution is -2.31. The van der Waals surface area contributed by atoms with Gasteiger partial charge in [-0.05, 0) is 44.7 Å². The highest BCUT2D eigenvalue weighted by Crippen LogP contribution is 2.13. The molecule has 1 atom stereocenters. The molecule has 1 heterocycles. The average molecular weight is 242 g/mol. The molecule has 0 bridgehead atoms. The van der Waals surface area contributed by atoms with Gasteiger partial charge in [0.25, 0.3) is 0 Å². The lowest BCUT2D eigenvalue weighted by molar-refractivity contribution is -0.125. The summed E-state index contributed by atoms with van der Waals surface area (Å²) in [4.78, 5) is 11.3. The Morgan fingerprint density at radius 1 is 1.53 bits per heavy atom. The minimum absolute atomic E-state index is 0.0141. The van der Waals surface area contributed by atoms with Crippen molar-refractivity contribution < 1.29 is 9.53 Å². The first-order chi connectivity index (χ1) is 8.33. The van der Waals surface area contributed by atoms with Gasteiger partial charge in [0, 0.05) is 13.2 Å². The van der Waals surface area contributed by atoms with Crippen LogP contribution in [0.5, 0.6) is 0 Å². The zero-order valence-corrected chi connectivity index (χ0v) is 11.0. The van der Waals surface area contributed by atoms with E-state index in [-0.39, 0.29) is 12.5 Å². The number of carbonyl (C=O) groups excluding carboxylic acids is 1. The standard InChI is InChI=1S/C13H26N2O2/c1-2-3-8-15-13(16)11-17-9-6-12-5-4-7-14-10-12/h12,14H,2-11H2,1H3,(H,15,16). The zero-order chi connectivity index (χ0) is 12.3. The van der Waals surface area contributed by atoms with E-state index < -0.39 is 0 Å². The molecule has 1 unspecified atom stereocenters. The third-order valence-corrected chi connectivity index (χ3v) is 3.16. The van der Waals surface area contributed by atoms with Gasteiger partial charge in [-0.1, -0.05) is 13.3 Å². The number of rotatable bonds is 8. The Kier molecular flexibility index (Phi) is 8.01. The molecule has 17 heavy (non-hydrogen) atoms. The van der Waals surface area contributed by atoms with Crippen molar-refractivity contribution in [2.75, 3.05) is 32.8 Å². The average Bonchev–Trinajstić information content (AvgIpc) is 2.36. The first kappa shape index (κ1) is 14.5. The Bertz CT molecular complexity index is 204. The number of unbranched alkanes of at least 4 members (excludes halogenated alkanes) is 1. The Balaban J connectivity index is 1.90. The maximum atomic E-state index is 11.3. The molecule has 1 amide bonds. The summed E-state index contributed by atoms with van der Waals surface area (Å²) < 4.78 is 5.39. The number of ether oxygens (including phenoxy) is 1. The third kappa shape index (κ3) is 7.34. The number of carbonyl (C=O) groups is 1. The van der Waals surface area contributed by atoms with Crippen LogP contribution in [0.15, 0.2) is 0 Å². The van der Waals surface area contributed by atoms with Crippen molar-refractivity contribution in [3.05, 3.63) is 0 Å². The monoisotopic (exact) mass is 242 g/mol. The Hall–Kier alpha value is -0.610. The summed E-state index contributed by atoms with van der Waals surface area (Å²) >= 11 is 0. The normalized spacial score (nSPS) is 20.2. The molecule has 2 N–H and O–H groups in total. The molecule has 4 nitrogen and oxygen atoms in total. The smallest absolute Gasteiger partial charge is 0.245 e. The van der Waals surface area contributed by atoms with Crippen LogP contribution >= 0.6 is 0 Å². The molecule has 1 aliphatic rings. The molecule has 0 aliphatic carbocycles. The van der Waals surface area contributed by atoms with Gasteiger partial charge in [-0.15, -0.1) is 0 Å². The van der Waals surface area contributed by atoms with Crippen LogP contribution in [-0.4, -0.2) is 38.8 Å². The van der Waals surface area contributed by atoms with Crippen LogP contribution < -0.4 is 10.6 Å². The zero-order valence-electron chi connectivity index (χ0n) is 11.0. The number of piperidine rings is 1. The second-order valence-electron chi connectivity index (χ2n) is 4.76. The lowest BCUT2D eigenvalue weighted by atomic mass is 9.97. The van der Waals surface area contributed by atoms with E-state index in [1.807, 2.05) is 0 Å². The van der Waals surface area contributed by atoms with Crippen LogP contribution in [0.25, 0.3) is 0 Å². The van der Waals surface area contributed by atoms with Crippen molar-refractivity contribution in [3.8, 4) is 0 Å². The molecule has 0 aromatic rings. The van der Waals surface area contributed by atoms with Crippen LogP contribution in [0.2, 0.25) is 0 Å². The second-order valence-corrected chi connectivity index (χ2v) is 4.76. The van der Waals surface area contributed by atoms with Crippen LogP contribution in [0.1, 0.15) is 39.0 Å². The molecular weight excluding hydrogens is 216 g/mol. The Morgan fingerprint density at radius 3 is 3.12 bits per heavy atom. The van der Waals surface area contributed by atoms with E-state index in [1.165, 1.54) is 12.8 Å². The van der Waals surface area contributed by atoms with Crippen molar-refractivity contribution >= 4 is 5.91 Å². The van der Waals surface area contributed by atoms with Gasteiger partial charge in [-0.2, -0.15) is 0 Å². The molecule has 0 spiro atoms. The van der Waals surface area contributed by atoms with Crippen LogP contribution in [0.4, 0.5) is 0 Å². The molecule has 1 aliphatic heterocycles. The summed E-state index contributed by atoms with van der Waals surface area (Å²) in [5.41, 5.74) is 0. The van der Waals surface area contributed by atoms with Gasteiger partial charge in [0.1, 0.15) is 6.61 Å². The van der Waals surface area contributed by atoms with E-state index in [0.717, 1.165) is 44.8 Å². The maximum Gasteiger partial charge on any atom is 0.245 e. The summed E-state index contributed by atoms with van der Waals surface area (Å²) in [5, 5.41) is 6.23. The number of hydrogen-bond acceptors (Lipinski definition) is 3. The summed E-state index contributed by atoms with van der Waals surface area (Å²) in [6.45, 7) is 6.05. The van der Waals surface area contributed by atoms with Gasteiger partial charge >= 0.3 is 0 Å². The molecule has 1 rings (SSSR count). The van der Waals surface area contributed by atoms with Crippen LogP contribution in [-0.2, 0) is 9.53 Å². The van der Waals surface area contributed by atoms with Gasteiger partial charge in [0.15, 0.2) is 0 Å². The SMILES string of the molecule is CCCCNC(=O)COCCC1CCCNC1. The van der Waals surface area contributed by atoms with E-state index in [0.29, 0.717) is 6.61 Å². The summed E-state index contributed by atoms with van der Waals surface area (Å²) in [5.74, 6) is 0.743. The topological polar surface area (TPSA) is 50.4 Å². The lowest BCUT2D eigenvalue weighted by Gasteiger charge is -2.22. The van der Waals surface area contributed by atoms with Crippen LogP contribution in [0, 0.1) is 5.92 Å². The fraction of sp³-hybridized carbons (Fsp3) is 0.923. The van der Waals surface area contributed by atoms with Gasteiger partial charge in [-0.25, -0.2) is 0 Å². The number of hydrogen-bond donors (Lipinski definition) is 2. The first-order valence-corrected chi connectivity index (χ1v) is 6.88. The fourth-order valence-corrected chi connectivity index (χ4v) is 2.04. The quantitative estimate of drug-likeness (QED) is 0.631. The minimum atomic E-state index is 0.0141. The predicted octanol–water partition coefficient (Wildman–Crippen LogP) is 1.31. The fourth-order valence-electron chi connectivity index (χ4n) is 2.04. The second kappa shape index (κ2) is 9.42. The molecule has 1 saturated heterocycles. The molecule has 0 saturated carbocycles. The Labute approximate surface area is 104 Å². The van der Waals surface area contributed by atoms with E-state index in [4.69, 9.17) is 4.74 Å². The predicted molar refractivity (Wildman–Crippen MR) is 68.9 cm³/mol. The molecule has 0 radical (unpaired) electrons. The first-order valence-electron chi connectivity index (χ1n) is 6.88. The summed E-state index contributed by atoms with van der Waals surface area (Å²) in [7, 11) is 0. The molecule has 0 aromatic heterocycles. The van der Waals surface area contributed by atoms with Crippen molar-refractivity contribution in [1.29, 1.82) is 0 Å². The Morgan fingerprint density at radius 2 is 2.41 bits per heavy atom. The molecule has 0 aromatic carbocycles. The number of nitrogens with one attached hydrogen (secondary N) is 2. The van der Waals surface area contributed by atoms with Gasteiger partial charge in [-0.3, -0.25) is 4.79 Å². The summed E-state index contributed by atoms with van der Waals surface area (Å²) in [6.07, 6.45) is 5.77. The van der Waals surface area contributed by atoms with Crippen LogP contribution in [0.3, 0.4) is 0 Å². The number of amides is 1. The third-order valence-electron chi connectivity index (χ3n) is 3.16. The van der Waals surface area contributed by atoms with Gasteiger partial charge < -0.3 is 15.4 Å². The maximum absolute atomic E-state index is 11.3. The molecule has 4 heteroatoms. The van der Waals surface area contributed by atoms with E-state index >= 15 is 0 Å². The van der Waals surface area contributed by atoms with Gasteiger partial charge in [0.2, 0.25) is 5.91 Å². The van der Waals surface area contributed by atoms with Crippen molar-refractivity contribution in [2.24, 2.45) is 5.92 Å². The molecule has 1 fully saturated rings. The molecule has 100 valence electrons. The molecular formula is C13H26N2O2. The van der Waals surface area contributed by atoms with Crippen molar-refractivity contribution in [1.82, 2.24) is 10.6 Å². The summed E-state index contributed by atoms with van der Waals surface area (Å²) in [6, 6.07) is 0. The highest BCUT2D eigenvalue weighted by Gasteiger charge is 2.12. The van der Waals surface area contributed by atoms with E-state index in [1.54, 1.807) is 0 Å². The van der Waals surface area contributed by atoms with E-state index in [9.17, 15) is 4.79 Å². The van der Waals surface area contributed by atoms with E-state index in [2.05, 4.69) is 17.6 Å². The largest absolute Gasteiger partial charge is 0.372 e. The van der Waals surface area contributed by atoms with Crippen molar-refractivity contribution in [3.63, 3.8) is 0 Å².